The normalized spacial score (nSPS) is 19.8. The van der Waals surface area contributed by atoms with E-state index in [1.165, 1.54) is 12.8 Å². The van der Waals surface area contributed by atoms with Crippen molar-refractivity contribution in [2.24, 2.45) is 5.92 Å². The maximum Gasteiger partial charge on any atom is 0.0590 e. The van der Waals surface area contributed by atoms with Crippen molar-refractivity contribution in [3.05, 3.63) is 0 Å². The maximum absolute atomic E-state index is 5.50. The first kappa shape index (κ1) is 9.96. The van der Waals surface area contributed by atoms with Crippen molar-refractivity contribution in [3.63, 3.8) is 0 Å². The number of hydrogen-bond donors (Lipinski definition) is 1. The maximum atomic E-state index is 5.50. The van der Waals surface area contributed by atoms with E-state index in [0.29, 0.717) is 0 Å². The van der Waals surface area contributed by atoms with Crippen LogP contribution in [0.2, 0.25) is 0 Å². The Morgan fingerprint density at radius 3 is 2.83 bits per heavy atom. The zero-order chi connectivity index (χ0) is 8.65. The summed E-state index contributed by atoms with van der Waals surface area (Å²) in [7, 11) is 1.94. The van der Waals surface area contributed by atoms with Crippen LogP contribution < -0.4 is 5.32 Å². The van der Waals surface area contributed by atoms with Crippen molar-refractivity contribution < 1.29 is 9.47 Å². The van der Waals surface area contributed by atoms with Gasteiger partial charge < -0.3 is 14.8 Å². The van der Waals surface area contributed by atoms with E-state index in [4.69, 9.17) is 9.47 Å². The number of rotatable bonds is 5. The van der Waals surface area contributed by atoms with Gasteiger partial charge in [0.1, 0.15) is 0 Å². The third-order valence-electron chi connectivity index (χ3n) is 2.19. The quantitative estimate of drug-likeness (QED) is 0.619. The molecule has 72 valence electrons. The van der Waals surface area contributed by atoms with Crippen molar-refractivity contribution in [3.8, 4) is 0 Å². The molecule has 0 saturated carbocycles. The van der Waals surface area contributed by atoms with E-state index in [0.717, 1.165) is 38.9 Å². The highest BCUT2D eigenvalue weighted by Crippen LogP contribution is 2.14. The Kier molecular flexibility index (Phi) is 5.32. The Morgan fingerprint density at radius 2 is 2.17 bits per heavy atom. The van der Waals surface area contributed by atoms with Gasteiger partial charge in [0.25, 0.3) is 0 Å². The summed E-state index contributed by atoms with van der Waals surface area (Å²) in [6.07, 6.45) is 2.33. The Balaban J connectivity index is 1.91. The van der Waals surface area contributed by atoms with Gasteiger partial charge in [-0.1, -0.05) is 0 Å². The first-order valence-electron chi connectivity index (χ1n) is 4.73. The van der Waals surface area contributed by atoms with Gasteiger partial charge in [-0.2, -0.15) is 0 Å². The van der Waals surface area contributed by atoms with Crippen LogP contribution >= 0.6 is 0 Å². The minimum atomic E-state index is 0.732. The van der Waals surface area contributed by atoms with Crippen molar-refractivity contribution >= 4 is 0 Å². The third-order valence-corrected chi connectivity index (χ3v) is 2.19. The van der Waals surface area contributed by atoms with Gasteiger partial charge in [-0.3, -0.25) is 0 Å². The minimum Gasteiger partial charge on any atom is -0.381 e. The molecule has 0 atom stereocenters. The van der Waals surface area contributed by atoms with Gasteiger partial charge in [-0.15, -0.1) is 0 Å². The predicted octanol–water partition coefficient (Wildman–Crippen LogP) is 0.649. The molecule has 0 unspecified atom stereocenters. The highest BCUT2D eigenvalue weighted by Gasteiger charge is 2.13. The third kappa shape index (κ3) is 4.04. The van der Waals surface area contributed by atoms with Crippen LogP contribution in [0.1, 0.15) is 12.8 Å². The summed E-state index contributed by atoms with van der Waals surface area (Å²) in [6.45, 7) is 4.52. The molecular formula is C9H19NO2. The molecule has 1 saturated heterocycles. The fraction of sp³-hybridized carbons (Fsp3) is 1.00. The molecule has 3 nitrogen and oxygen atoms in total. The lowest BCUT2D eigenvalue weighted by Gasteiger charge is -2.21. The van der Waals surface area contributed by atoms with Gasteiger partial charge in [-0.25, -0.2) is 0 Å². The molecule has 1 heterocycles. The van der Waals surface area contributed by atoms with Crippen LogP contribution in [0.4, 0.5) is 0 Å². The second kappa shape index (κ2) is 6.40. The van der Waals surface area contributed by atoms with Crippen LogP contribution in [0, 0.1) is 5.92 Å². The summed E-state index contributed by atoms with van der Waals surface area (Å²) >= 11 is 0. The Labute approximate surface area is 74.4 Å². The standard InChI is InChI=1S/C9H19NO2/c1-10-4-7-12-8-9-2-5-11-6-3-9/h9-10H,2-8H2,1H3. The molecule has 0 radical (unpaired) electrons. The van der Waals surface area contributed by atoms with Crippen molar-refractivity contribution in [1.29, 1.82) is 0 Å². The average Bonchev–Trinajstić information content (AvgIpc) is 2.14. The molecule has 0 aromatic heterocycles. The van der Waals surface area contributed by atoms with E-state index < -0.39 is 0 Å². The van der Waals surface area contributed by atoms with Crippen LogP contribution in [0.5, 0.6) is 0 Å². The van der Waals surface area contributed by atoms with Crippen molar-refractivity contribution in [2.45, 2.75) is 12.8 Å². The molecular weight excluding hydrogens is 154 g/mol. The Morgan fingerprint density at radius 1 is 1.42 bits per heavy atom. The second-order valence-electron chi connectivity index (χ2n) is 3.23. The van der Waals surface area contributed by atoms with Crippen molar-refractivity contribution in [2.75, 3.05) is 40.0 Å². The Bertz CT molecular complexity index is 103. The molecule has 0 spiro atoms. The topological polar surface area (TPSA) is 30.5 Å². The predicted molar refractivity (Wildman–Crippen MR) is 48.3 cm³/mol. The van der Waals surface area contributed by atoms with Crippen LogP contribution in [0.15, 0.2) is 0 Å². The number of nitrogens with one attached hydrogen (secondary N) is 1. The van der Waals surface area contributed by atoms with Gasteiger partial charge in [0, 0.05) is 26.4 Å². The second-order valence-corrected chi connectivity index (χ2v) is 3.23. The molecule has 1 rings (SSSR count). The van der Waals surface area contributed by atoms with E-state index in [1.54, 1.807) is 0 Å². The number of hydrogen-bond acceptors (Lipinski definition) is 3. The molecule has 12 heavy (non-hydrogen) atoms. The summed E-state index contributed by atoms with van der Waals surface area (Å²) in [6, 6.07) is 0. The van der Waals surface area contributed by atoms with E-state index in [1.807, 2.05) is 7.05 Å². The van der Waals surface area contributed by atoms with Crippen LogP contribution in [-0.4, -0.2) is 40.0 Å². The molecule has 1 aliphatic rings. The average molecular weight is 173 g/mol. The summed E-state index contributed by atoms with van der Waals surface area (Å²) in [5.41, 5.74) is 0. The SMILES string of the molecule is CNCCOCC1CCOCC1. The van der Waals surface area contributed by atoms with Gasteiger partial charge in [-0.05, 0) is 25.8 Å². The zero-order valence-corrected chi connectivity index (χ0v) is 7.84. The Hall–Kier alpha value is -0.120. The fourth-order valence-electron chi connectivity index (χ4n) is 1.34. The molecule has 1 N–H and O–H groups in total. The number of ether oxygens (including phenoxy) is 2. The van der Waals surface area contributed by atoms with Gasteiger partial charge in [0.2, 0.25) is 0 Å². The molecule has 0 aromatic carbocycles. The van der Waals surface area contributed by atoms with Crippen LogP contribution in [0.3, 0.4) is 0 Å². The summed E-state index contributed by atoms with van der Waals surface area (Å²) in [5.74, 6) is 0.732. The molecule has 3 heteroatoms. The summed E-state index contributed by atoms with van der Waals surface area (Å²) in [4.78, 5) is 0. The first-order chi connectivity index (χ1) is 5.93. The largest absolute Gasteiger partial charge is 0.381 e. The minimum absolute atomic E-state index is 0.732. The lowest BCUT2D eigenvalue weighted by Crippen LogP contribution is -2.22. The molecule has 0 aliphatic carbocycles. The monoisotopic (exact) mass is 173 g/mol. The summed E-state index contributed by atoms with van der Waals surface area (Å²) < 4.78 is 10.8. The van der Waals surface area contributed by atoms with Crippen LogP contribution in [-0.2, 0) is 9.47 Å². The van der Waals surface area contributed by atoms with E-state index in [9.17, 15) is 0 Å². The van der Waals surface area contributed by atoms with Crippen molar-refractivity contribution in [1.82, 2.24) is 5.32 Å². The van der Waals surface area contributed by atoms with Gasteiger partial charge in [0.15, 0.2) is 0 Å². The molecule has 1 fully saturated rings. The molecule has 0 bridgehead atoms. The smallest absolute Gasteiger partial charge is 0.0590 e. The highest BCUT2D eigenvalue weighted by molar-refractivity contribution is 4.62. The van der Waals surface area contributed by atoms with Crippen LogP contribution in [0.25, 0.3) is 0 Å². The van der Waals surface area contributed by atoms with E-state index in [-0.39, 0.29) is 0 Å². The lowest BCUT2D eigenvalue weighted by atomic mass is 10.0. The van der Waals surface area contributed by atoms with Gasteiger partial charge >= 0.3 is 0 Å². The van der Waals surface area contributed by atoms with E-state index >= 15 is 0 Å². The highest BCUT2D eigenvalue weighted by atomic mass is 16.5. The summed E-state index contributed by atoms with van der Waals surface area (Å²) in [5, 5.41) is 3.06. The van der Waals surface area contributed by atoms with E-state index in [2.05, 4.69) is 5.32 Å². The lowest BCUT2D eigenvalue weighted by molar-refractivity contribution is 0.0217. The van der Waals surface area contributed by atoms with Gasteiger partial charge in [0.05, 0.1) is 6.61 Å². The number of likely N-dealkylation sites (N-methyl/N-ethyl adjacent to an activating group) is 1. The first-order valence-corrected chi connectivity index (χ1v) is 4.73. The molecule has 0 amide bonds. The molecule has 0 aromatic rings. The zero-order valence-electron chi connectivity index (χ0n) is 7.84. The fourth-order valence-corrected chi connectivity index (χ4v) is 1.34. The molecule has 1 aliphatic heterocycles.